The number of aryl methyl sites for hydroxylation is 1. The molecule has 0 atom stereocenters. The van der Waals surface area contributed by atoms with Gasteiger partial charge in [0, 0.05) is 6.54 Å². The Kier molecular flexibility index (Phi) is 2.69. The van der Waals surface area contributed by atoms with Gasteiger partial charge in [0.25, 0.3) is 5.24 Å². The molecular weight excluding hydrogens is 245 g/mol. The van der Waals surface area contributed by atoms with Gasteiger partial charge in [-0.15, -0.1) is 0 Å². The summed E-state index contributed by atoms with van der Waals surface area (Å²) >= 11 is 5.20. The molecule has 0 bridgehead atoms. The van der Waals surface area contributed by atoms with Crippen molar-refractivity contribution >= 4 is 16.8 Å². The van der Waals surface area contributed by atoms with Crippen molar-refractivity contribution in [2.45, 2.75) is 32.0 Å². The average Bonchev–Trinajstić information content (AvgIpc) is 2.55. The summed E-state index contributed by atoms with van der Waals surface area (Å²) in [4.78, 5) is 11.1. The summed E-state index contributed by atoms with van der Waals surface area (Å²) in [6.45, 7) is 0.405. The summed E-state index contributed by atoms with van der Waals surface area (Å²) in [5.74, 6) is 0. The number of carbonyl (C=O) groups is 1. The van der Waals surface area contributed by atoms with Crippen LogP contribution in [0.3, 0.4) is 0 Å². The van der Waals surface area contributed by atoms with Gasteiger partial charge in [-0.3, -0.25) is 9.48 Å². The van der Waals surface area contributed by atoms with Gasteiger partial charge in [-0.05, 0) is 30.9 Å². The highest BCUT2D eigenvalue weighted by molar-refractivity contribution is 6.68. The average molecular weight is 253 g/mol. The first-order valence-corrected chi connectivity index (χ1v) is 5.16. The number of aromatic nitrogens is 2. The molecule has 0 saturated carbocycles. The fourth-order valence-corrected chi connectivity index (χ4v) is 2.09. The zero-order valence-corrected chi connectivity index (χ0v) is 8.90. The lowest BCUT2D eigenvalue weighted by Gasteiger charge is -2.13. The maximum Gasteiger partial charge on any atom is 0.435 e. The summed E-state index contributed by atoms with van der Waals surface area (Å²) in [7, 11) is 0. The van der Waals surface area contributed by atoms with E-state index in [0.29, 0.717) is 18.7 Å². The molecule has 1 aromatic rings. The van der Waals surface area contributed by atoms with Crippen molar-refractivity contribution in [3.8, 4) is 0 Å². The van der Waals surface area contributed by atoms with E-state index < -0.39 is 22.7 Å². The molecule has 0 aromatic carbocycles. The fourth-order valence-electron chi connectivity index (χ4n) is 1.89. The van der Waals surface area contributed by atoms with E-state index >= 15 is 0 Å². The van der Waals surface area contributed by atoms with Crippen LogP contribution in [-0.4, -0.2) is 15.0 Å². The van der Waals surface area contributed by atoms with E-state index in [1.807, 2.05) is 0 Å². The molecule has 0 aliphatic carbocycles. The first-order valence-electron chi connectivity index (χ1n) is 4.78. The van der Waals surface area contributed by atoms with Gasteiger partial charge >= 0.3 is 6.18 Å². The van der Waals surface area contributed by atoms with Crippen LogP contribution in [0.2, 0.25) is 0 Å². The van der Waals surface area contributed by atoms with Crippen LogP contribution in [-0.2, 0) is 19.1 Å². The number of carbonyl (C=O) groups excluding carboxylic acids is 1. The molecule has 88 valence electrons. The van der Waals surface area contributed by atoms with Crippen molar-refractivity contribution in [1.82, 2.24) is 9.78 Å². The number of hydrogen-bond donors (Lipinski definition) is 0. The third-order valence-electron chi connectivity index (χ3n) is 2.56. The maximum atomic E-state index is 12.6. The Hall–Kier alpha value is -1.04. The summed E-state index contributed by atoms with van der Waals surface area (Å²) in [6, 6.07) is 0. The second kappa shape index (κ2) is 3.76. The Bertz CT molecular complexity index is 439. The molecule has 0 N–H and O–H groups in total. The Balaban J connectivity index is 2.61. The quantitative estimate of drug-likeness (QED) is 0.720. The number of halogens is 4. The van der Waals surface area contributed by atoms with Crippen molar-refractivity contribution in [2.75, 3.05) is 0 Å². The second-order valence-electron chi connectivity index (χ2n) is 3.62. The Morgan fingerprint density at radius 3 is 2.62 bits per heavy atom. The number of hydrogen-bond acceptors (Lipinski definition) is 2. The predicted molar refractivity (Wildman–Crippen MR) is 50.4 cm³/mol. The van der Waals surface area contributed by atoms with Gasteiger partial charge in [0.1, 0.15) is 0 Å². The molecule has 0 radical (unpaired) electrons. The molecule has 3 nitrogen and oxygen atoms in total. The molecule has 1 aliphatic heterocycles. The maximum absolute atomic E-state index is 12.6. The summed E-state index contributed by atoms with van der Waals surface area (Å²) in [6.07, 6.45) is -2.71. The van der Waals surface area contributed by atoms with Crippen LogP contribution in [0, 0.1) is 0 Å². The van der Waals surface area contributed by atoms with Gasteiger partial charge < -0.3 is 0 Å². The minimum Gasteiger partial charge on any atom is -0.275 e. The summed E-state index contributed by atoms with van der Waals surface area (Å²) in [5, 5.41) is 2.34. The molecule has 1 aliphatic rings. The van der Waals surface area contributed by atoms with Crippen molar-refractivity contribution in [3.05, 3.63) is 17.0 Å². The van der Waals surface area contributed by atoms with E-state index in [9.17, 15) is 18.0 Å². The van der Waals surface area contributed by atoms with Crippen molar-refractivity contribution < 1.29 is 18.0 Å². The first-order chi connectivity index (χ1) is 7.41. The van der Waals surface area contributed by atoms with E-state index in [1.165, 1.54) is 4.68 Å². The Morgan fingerprint density at radius 1 is 1.38 bits per heavy atom. The monoisotopic (exact) mass is 252 g/mol. The van der Waals surface area contributed by atoms with Crippen LogP contribution < -0.4 is 0 Å². The molecule has 16 heavy (non-hydrogen) atoms. The number of fused-ring (bicyclic) bond motifs is 1. The first kappa shape index (κ1) is 11.4. The lowest BCUT2D eigenvalue weighted by atomic mass is 10.1. The Morgan fingerprint density at radius 2 is 2.06 bits per heavy atom. The SMILES string of the molecule is O=C(Cl)c1c(C(F)(F)F)nn2c1CCCC2. The molecular formula is C9H8ClF3N2O. The van der Waals surface area contributed by atoms with E-state index in [2.05, 4.69) is 5.10 Å². The van der Waals surface area contributed by atoms with Gasteiger partial charge in [-0.1, -0.05) is 0 Å². The highest BCUT2D eigenvalue weighted by Gasteiger charge is 2.41. The van der Waals surface area contributed by atoms with Gasteiger partial charge in [0.15, 0.2) is 5.69 Å². The van der Waals surface area contributed by atoms with Crippen molar-refractivity contribution in [1.29, 1.82) is 0 Å². The smallest absolute Gasteiger partial charge is 0.275 e. The number of alkyl halides is 3. The van der Waals surface area contributed by atoms with Gasteiger partial charge in [0.2, 0.25) is 0 Å². The molecule has 1 aromatic heterocycles. The molecule has 0 fully saturated rings. The topological polar surface area (TPSA) is 34.9 Å². The summed E-state index contributed by atoms with van der Waals surface area (Å²) in [5.41, 5.74) is -1.34. The Labute approximate surface area is 94.2 Å². The van der Waals surface area contributed by atoms with Crippen LogP contribution in [0.1, 0.15) is 34.6 Å². The van der Waals surface area contributed by atoms with Crippen LogP contribution in [0.5, 0.6) is 0 Å². The van der Waals surface area contributed by atoms with E-state index in [1.54, 1.807) is 0 Å². The number of rotatable bonds is 1. The minimum absolute atomic E-state index is 0.304. The zero-order chi connectivity index (χ0) is 11.9. The van der Waals surface area contributed by atoms with Crippen LogP contribution in [0.4, 0.5) is 13.2 Å². The van der Waals surface area contributed by atoms with Crippen LogP contribution >= 0.6 is 11.6 Å². The molecule has 2 heterocycles. The number of nitrogens with zero attached hydrogens (tertiary/aromatic N) is 2. The molecule has 0 spiro atoms. The third-order valence-corrected chi connectivity index (χ3v) is 2.75. The normalized spacial score (nSPS) is 16.0. The van der Waals surface area contributed by atoms with Gasteiger partial charge in [0.05, 0.1) is 11.3 Å². The summed E-state index contributed by atoms with van der Waals surface area (Å²) < 4.78 is 39.1. The largest absolute Gasteiger partial charge is 0.435 e. The van der Waals surface area contributed by atoms with Gasteiger partial charge in [-0.25, -0.2) is 0 Å². The highest BCUT2D eigenvalue weighted by atomic mass is 35.5. The van der Waals surface area contributed by atoms with Crippen molar-refractivity contribution in [2.24, 2.45) is 0 Å². The van der Waals surface area contributed by atoms with Crippen LogP contribution in [0.25, 0.3) is 0 Å². The van der Waals surface area contributed by atoms with E-state index in [-0.39, 0.29) is 0 Å². The van der Waals surface area contributed by atoms with Crippen molar-refractivity contribution in [3.63, 3.8) is 0 Å². The molecule has 7 heteroatoms. The zero-order valence-electron chi connectivity index (χ0n) is 8.14. The predicted octanol–water partition coefficient (Wildman–Crippen LogP) is 2.62. The standard InChI is InChI=1S/C9H8ClF3N2O/c10-8(16)6-5-3-1-2-4-15(5)14-7(6)9(11,12)13/h1-4H2. The van der Waals surface area contributed by atoms with Crippen LogP contribution in [0.15, 0.2) is 0 Å². The molecule has 0 unspecified atom stereocenters. The molecule has 0 amide bonds. The second-order valence-corrected chi connectivity index (χ2v) is 3.97. The third kappa shape index (κ3) is 1.81. The van der Waals surface area contributed by atoms with E-state index in [4.69, 9.17) is 11.6 Å². The molecule has 2 rings (SSSR count). The highest BCUT2D eigenvalue weighted by Crippen LogP contribution is 2.35. The molecule has 0 saturated heterocycles. The van der Waals surface area contributed by atoms with Gasteiger partial charge in [-0.2, -0.15) is 18.3 Å². The fraction of sp³-hybridized carbons (Fsp3) is 0.556. The lowest BCUT2D eigenvalue weighted by molar-refractivity contribution is -0.141. The van der Waals surface area contributed by atoms with E-state index in [0.717, 1.165) is 12.8 Å². The lowest BCUT2D eigenvalue weighted by Crippen LogP contribution is -2.12. The minimum atomic E-state index is -4.63.